The van der Waals surface area contributed by atoms with Gasteiger partial charge in [0, 0.05) is 11.0 Å². The first-order valence-electron chi connectivity index (χ1n) is 6.38. The van der Waals surface area contributed by atoms with Crippen molar-refractivity contribution in [1.82, 2.24) is 5.32 Å². The molecular formula is C14H21Br2NO. The molecule has 0 fully saturated rings. The molecule has 1 rings (SSSR count). The average molecular weight is 379 g/mol. The van der Waals surface area contributed by atoms with Gasteiger partial charge >= 0.3 is 0 Å². The van der Waals surface area contributed by atoms with E-state index in [1.165, 1.54) is 12.8 Å². The van der Waals surface area contributed by atoms with Gasteiger partial charge in [-0.3, -0.25) is 0 Å². The van der Waals surface area contributed by atoms with Crippen molar-refractivity contribution in [3.63, 3.8) is 0 Å². The monoisotopic (exact) mass is 377 g/mol. The number of halogens is 2. The van der Waals surface area contributed by atoms with Crippen LogP contribution in [0.4, 0.5) is 0 Å². The highest BCUT2D eigenvalue weighted by Gasteiger charge is 2.01. The summed E-state index contributed by atoms with van der Waals surface area (Å²) in [6.07, 6.45) is 2.52. The minimum atomic E-state index is 0.696. The number of hydrogen-bond donors (Lipinski definition) is 1. The fourth-order valence-corrected chi connectivity index (χ4v) is 2.75. The van der Waals surface area contributed by atoms with E-state index in [0.29, 0.717) is 6.61 Å². The maximum atomic E-state index is 5.69. The summed E-state index contributed by atoms with van der Waals surface area (Å²) in [5, 5.41) is 3.39. The predicted octanol–water partition coefficient (Wildman–Crippen LogP) is 4.62. The van der Waals surface area contributed by atoms with Crippen molar-refractivity contribution in [2.24, 2.45) is 5.92 Å². The van der Waals surface area contributed by atoms with E-state index in [9.17, 15) is 0 Å². The lowest BCUT2D eigenvalue weighted by Gasteiger charge is -2.10. The minimum absolute atomic E-state index is 0.696. The molecule has 18 heavy (non-hydrogen) atoms. The zero-order valence-electron chi connectivity index (χ0n) is 11.0. The summed E-state index contributed by atoms with van der Waals surface area (Å²) in [5.74, 6) is 1.68. The summed E-state index contributed by atoms with van der Waals surface area (Å²) >= 11 is 6.90. The maximum Gasteiger partial charge on any atom is 0.133 e. The van der Waals surface area contributed by atoms with Crippen molar-refractivity contribution in [2.75, 3.05) is 19.7 Å². The Labute approximate surface area is 127 Å². The molecule has 0 unspecified atom stereocenters. The molecule has 0 aliphatic rings. The molecule has 0 amide bonds. The Kier molecular flexibility index (Phi) is 7.95. The largest absolute Gasteiger partial charge is 0.491 e. The first-order valence-corrected chi connectivity index (χ1v) is 7.96. The summed E-state index contributed by atoms with van der Waals surface area (Å²) in [6.45, 7) is 7.17. The van der Waals surface area contributed by atoms with Crippen LogP contribution in [0.25, 0.3) is 0 Å². The smallest absolute Gasteiger partial charge is 0.133 e. The van der Waals surface area contributed by atoms with Gasteiger partial charge in [0.2, 0.25) is 0 Å². The zero-order valence-corrected chi connectivity index (χ0v) is 14.2. The Hall–Kier alpha value is -0.0600. The van der Waals surface area contributed by atoms with Gasteiger partial charge in [-0.15, -0.1) is 0 Å². The number of hydrogen-bond acceptors (Lipinski definition) is 2. The van der Waals surface area contributed by atoms with Crippen molar-refractivity contribution >= 4 is 31.9 Å². The van der Waals surface area contributed by atoms with Crippen LogP contribution >= 0.6 is 31.9 Å². The summed E-state index contributed by atoms with van der Waals surface area (Å²) in [7, 11) is 0. The van der Waals surface area contributed by atoms with Gasteiger partial charge < -0.3 is 10.1 Å². The van der Waals surface area contributed by atoms with Crippen LogP contribution < -0.4 is 10.1 Å². The predicted molar refractivity (Wildman–Crippen MR) is 84.3 cm³/mol. The summed E-state index contributed by atoms with van der Waals surface area (Å²) in [5.41, 5.74) is 0. The van der Waals surface area contributed by atoms with Gasteiger partial charge in [-0.2, -0.15) is 0 Å². The van der Waals surface area contributed by atoms with E-state index in [1.54, 1.807) is 0 Å². The van der Waals surface area contributed by atoms with Crippen LogP contribution in [0.15, 0.2) is 27.1 Å². The molecule has 0 aliphatic heterocycles. The van der Waals surface area contributed by atoms with Gasteiger partial charge in [0.15, 0.2) is 0 Å². The average Bonchev–Trinajstić information content (AvgIpc) is 2.30. The van der Waals surface area contributed by atoms with Crippen molar-refractivity contribution in [3.8, 4) is 5.75 Å². The lowest BCUT2D eigenvalue weighted by atomic mass is 10.1. The molecule has 0 heterocycles. The van der Waals surface area contributed by atoms with Gasteiger partial charge in [-0.05, 0) is 59.4 Å². The maximum absolute atomic E-state index is 5.69. The molecule has 1 N–H and O–H groups in total. The standard InChI is InChI=1S/C14H21Br2NO/c1-11(2)4-3-7-17-8-9-18-14-6-5-12(15)10-13(14)16/h5-6,10-11,17H,3-4,7-9H2,1-2H3. The van der Waals surface area contributed by atoms with Crippen LogP contribution in [0.2, 0.25) is 0 Å². The lowest BCUT2D eigenvalue weighted by Crippen LogP contribution is -2.22. The SMILES string of the molecule is CC(C)CCCNCCOc1ccc(Br)cc1Br. The van der Waals surface area contributed by atoms with E-state index in [2.05, 4.69) is 51.0 Å². The van der Waals surface area contributed by atoms with Crippen molar-refractivity contribution < 1.29 is 4.74 Å². The quantitative estimate of drug-likeness (QED) is 0.666. The molecule has 0 saturated carbocycles. The second-order valence-corrected chi connectivity index (χ2v) is 6.48. The molecule has 0 bridgehead atoms. The van der Waals surface area contributed by atoms with E-state index < -0.39 is 0 Å². The molecule has 2 nitrogen and oxygen atoms in total. The first kappa shape index (κ1) is 16.0. The van der Waals surface area contributed by atoms with Gasteiger partial charge in [0.05, 0.1) is 4.47 Å². The van der Waals surface area contributed by atoms with Gasteiger partial charge in [-0.1, -0.05) is 29.8 Å². The molecule has 4 heteroatoms. The van der Waals surface area contributed by atoms with E-state index >= 15 is 0 Å². The van der Waals surface area contributed by atoms with Crippen LogP contribution in [-0.4, -0.2) is 19.7 Å². The number of ether oxygens (including phenoxy) is 1. The summed E-state index contributed by atoms with van der Waals surface area (Å²) < 4.78 is 7.72. The Morgan fingerprint density at radius 3 is 2.67 bits per heavy atom. The highest BCUT2D eigenvalue weighted by atomic mass is 79.9. The normalized spacial score (nSPS) is 10.9. The summed E-state index contributed by atoms with van der Waals surface area (Å²) in [4.78, 5) is 0. The highest BCUT2D eigenvalue weighted by Crippen LogP contribution is 2.27. The number of nitrogens with one attached hydrogen (secondary N) is 1. The molecule has 1 aromatic carbocycles. The third kappa shape index (κ3) is 6.76. The third-order valence-corrected chi connectivity index (χ3v) is 3.68. The van der Waals surface area contributed by atoms with Crippen LogP contribution in [-0.2, 0) is 0 Å². The van der Waals surface area contributed by atoms with Crippen LogP contribution in [0, 0.1) is 5.92 Å². The zero-order chi connectivity index (χ0) is 13.4. The highest BCUT2D eigenvalue weighted by molar-refractivity contribution is 9.11. The second-order valence-electron chi connectivity index (χ2n) is 4.71. The molecule has 102 valence electrons. The topological polar surface area (TPSA) is 21.3 Å². The van der Waals surface area contributed by atoms with Crippen molar-refractivity contribution in [2.45, 2.75) is 26.7 Å². The van der Waals surface area contributed by atoms with E-state index in [0.717, 1.165) is 33.7 Å². The molecule has 0 aliphatic carbocycles. The van der Waals surface area contributed by atoms with Gasteiger partial charge in [0.25, 0.3) is 0 Å². The van der Waals surface area contributed by atoms with Gasteiger partial charge in [-0.25, -0.2) is 0 Å². The fourth-order valence-electron chi connectivity index (χ4n) is 1.59. The molecule has 0 radical (unpaired) electrons. The molecule has 0 aromatic heterocycles. The van der Waals surface area contributed by atoms with Crippen molar-refractivity contribution in [1.29, 1.82) is 0 Å². The first-order chi connectivity index (χ1) is 8.59. The van der Waals surface area contributed by atoms with E-state index in [4.69, 9.17) is 4.74 Å². The van der Waals surface area contributed by atoms with E-state index in [-0.39, 0.29) is 0 Å². The van der Waals surface area contributed by atoms with Crippen LogP contribution in [0.5, 0.6) is 5.75 Å². The Balaban J connectivity index is 2.11. The Morgan fingerprint density at radius 2 is 2.00 bits per heavy atom. The fraction of sp³-hybridized carbons (Fsp3) is 0.571. The molecule has 1 aromatic rings. The van der Waals surface area contributed by atoms with Crippen LogP contribution in [0.1, 0.15) is 26.7 Å². The summed E-state index contributed by atoms with van der Waals surface area (Å²) in [6, 6.07) is 5.94. The Morgan fingerprint density at radius 1 is 1.22 bits per heavy atom. The number of rotatable bonds is 8. The van der Waals surface area contributed by atoms with Crippen LogP contribution in [0.3, 0.4) is 0 Å². The second kappa shape index (κ2) is 8.94. The molecule has 0 atom stereocenters. The van der Waals surface area contributed by atoms with E-state index in [1.807, 2.05) is 18.2 Å². The van der Waals surface area contributed by atoms with Crippen molar-refractivity contribution in [3.05, 3.63) is 27.1 Å². The van der Waals surface area contributed by atoms with Gasteiger partial charge in [0.1, 0.15) is 12.4 Å². The lowest BCUT2D eigenvalue weighted by molar-refractivity contribution is 0.311. The molecule has 0 spiro atoms. The molecule has 0 saturated heterocycles. The minimum Gasteiger partial charge on any atom is -0.491 e. The molecular weight excluding hydrogens is 358 g/mol. The third-order valence-electron chi connectivity index (χ3n) is 2.57. The number of benzene rings is 1. The Bertz CT molecular complexity index is 356.